The molecule has 0 heterocycles. The number of benzene rings is 3. The number of aliphatic carboxylic acids is 1. The minimum atomic E-state index is -4.67. The quantitative estimate of drug-likeness (QED) is 0.123. The summed E-state index contributed by atoms with van der Waals surface area (Å²) in [6.07, 6.45) is -7.16. The molecule has 3 aromatic rings. The second kappa shape index (κ2) is 10.8. The van der Waals surface area contributed by atoms with Crippen molar-refractivity contribution in [3.8, 4) is 11.5 Å². The first-order chi connectivity index (χ1) is 16.9. The molecule has 0 atom stereocenters. The maximum Gasteiger partial charge on any atom is 0.461 e. The van der Waals surface area contributed by atoms with Crippen LogP contribution in [0.4, 0.5) is 28.9 Å². The van der Waals surface area contributed by atoms with Gasteiger partial charge in [0.1, 0.15) is 11.5 Å². The van der Waals surface area contributed by atoms with Gasteiger partial charge in [-0.1, -0.05) is 12.1 Å². The lowest BCUT2D eigenvalue weighted by atomic mass is 10.0. The van der Waals surface area contributed by atoms with Crippen molar-refractivity contribution in [1.29, 1.82) is 0 Å². The maximum absolute atomic E-state index is 13.0. The molecular formula is C25H20F4N2O5. The van der Waals surface area contributed by atoms with Crippen LogP contribution in [0, 0.1) is 0 Å². The molecule has 11 heteroatoms. The molecule has 0 aliphatic carbocycles. The third kappa shape index (κ3) is 6.98. The molecular weight excluding hydrogens is 484 g/mol. The number of nitrogen functional groups attached to an aromatic ring is 2. The van der Waals surface area contributed by atoms with E-state index in [4.69, 9.17) is 16.2 Å². The van der Waals surface area contributed by atoms with Crippen LogP contribution in [0.5, 0.6) is 11.5 Å². The normalized spacial score (nSPS) is 11.9. The van der Waals surface area contributed by atoms with E-state index in [0.29, 0.717) is 22.5 Å². The summed E-state index contributed by atoms with van der Waals surface area (Å²) in [5.74, 6) is -2.40. The lowest BCUT2D eigenvalue weighted by Crippen LogP contribution is -2.33. The van der Waals surface area contributed by atoms with Gasteiger partial charge in [0.15, 0.2) is 0 Å². The number of carbonyl (C=O) groups excluding carboxylic acids is 1. The Morgan fingerprint density at radius 2 is 1.47 bits per heavy atom. The molecule has 188 valence electrons. The van der Waals surface area contributed by atoms with Crippen LogP contribution in [0.25, 0.3) is 6.08 Å². The predicted octanol–water partition coefficient (Wildman–Crippen LogP) is 5.02. The van der Waals surface area contributed by atoms with Crippen molar-refractivity contribution in [2.75, 3.05) is 11.5 Å². The number of alkyl halides is 4. The Bertz CT molecular complexity index is 1260. The average molecular weight is 504 g/mol. The Morgan fingerprint density at radius 1 is 0.917 bits per heavy atom. The first-order valence-electron chi connectivity index (χ1n) is 10.3. The van der Waals surface area contributed by atoms with Crippen molar-refractivity contribution in [1.82, 2.24) is 0 Å². The highest BCUT2D eigenvalue weighted by Gasteiger charge is 2.43. The molecule has 3 aromatic carbocycles. The molecule has 3 rings (SSSR count). The number of halogens is 4. The summed E-state index contributed by atoms with van der Waals surface area (Å²) in [5, 5.41) is 9.56. The first kappa shape index (κ1) is 26.1. The molecule has 36 heavy (non-hydrogen) atoms. The van der Waals surface area contributed by atoms with Gasteiger partial charge in [-0.2, -0.15) is 17.6 Å². The van der Waals surface area contributed by atoms with E-state index in [2.05, 4.69) is 4.74 Å². The zero-order chi connectivity index (χ0) is 26.5. The topological polar surface area (TPSA) is 125 Å². The number of carboxylic acids is 1. The molecule has 0 unspecified atom stereocenters. The standard InChI is InChI=1S/C25H20F4N2O5/c26-24(27)25(28,29)36-21-7-3-16(4-8-21)23(34)35-20-5-1-14(2-6-20)9-17(22(32)33)10-15-11-18(30)13-19(31)12-15/h1-9,11-13,24H,10,30-31H2,(H,32,33). The number of rotatable bonds is 9. The van der Waals surface area contributed by atoms with Crippen LogP contribution >= 0.6 is 0 Å². The molecule has 0 amide bonds. The van der Waals surface area contributed by atoms with Gasteiger partial charge in [-0.25, -0.2) is 9.59 Å². The van der Waals surface area contributed by atoms with Gasteiger partial charge in [0, 0.05) is 23.4 Å². The number of anilines is 2. The highest BCUT2D eigenvalue weighted by atomic mass is 19.3. The Morgan fingerprint density at radius 3 is 2.00 bits per heavy atom. The van der Waals surface area contributed by atoms with E-state index in [9.17, 15) is 32.3 Å². The zero-order valence-corrected chi connectivity index (χ0v) is 18.5. The Kier molecular flexibility index (Phi) is 7.83. The number of carbonyl (C=O) groups is 2. The molecule has 0 aliphatic rings. The van der Waals surface area contributed by atoms with Gasteiger partial charge in [-0.3, -0.25) is 0 Å². The summed E-state index contributed by atoms with van der Waals surface area (Å²) in [4.78, 5) is 24.0. The highest BCUT2D eigenvalue weighted by molar-refractivity contribution is 5.93. The molecule has 0 saturated heterocycles. The third-order valence-electron chi connectivity index (χ3n) is 4.74. The average Bonchev–Trinajstić information content (AvgIpc) is 2.79. The zero-order valence-electron chi connectivity index (χ0n) is 18.5. The van der Waals surface area contributed by atoms with Gasteiger partial charge in [0.05, 0.1) is 5.56 Å². The van der Waals surface area contributed by atoms with Crippen LogP contribution < -0.4 is 20.9 Å². The monoisotopic (exact) mass is 504 g/mol. The van der Waals surface area contributed by atoms with Crippen molar-refractivity contribution < 1.29 is 41.7 Å². The van der Waals surface area contributed by atoms with Crippen LogP contribution in [0.15, 0.2) is 72.3 Å². The summed E-state index contributed by atoms with van der Waals surface area (Å²) in [6.45, 7) is 0. The second-order valence-corrected chi connectivity index (χ2v) is 7.61. The number of carboxylic acid groups (broad SMARTS) is 1. The summed E-state index contributed by atoms with van der Waals surface area (Å²) < 4.78 is 59.5. The maximum atomic E-state index is 13.0. The van der Waals surface area contributed by atoms with Crippen LogP contribution in [-0.2, 0) is 11.2 Å². The van der Waals surface area contributed by atoms with Gasteiger partial charge in [-0.15, -0.1) is 0 Å². The van der Waals surface area contributed by atoms with Crippen molar-refractivity contribution >= 4 is 29.4 Å². The fraction of sp³-hybridized carbons (Fsp3) is 0.120. The number of hydrogen-bond acceptors (Lipinski definition) is 6. The van der Waals surface area contributed by atoms with Crippen LogP contribution in [0.1, 0.15) is 21.5 Å². The van der Waals surface area contributed by atoms with Crippen molar-refractivity contribution in [3.05, 3.63) is 89.0 Å². The van der Waals surface area contributed by atoms with Crippen molar-refractivity contribution in [2.24, 2.45) is 0 Å². The Balaban J connectivity index is 1.67. The van der Waals surface area contributed by atoms with Gasteiger partial charge >= 0.3 is 24.5 Å². The van der Waals surface area contributed by atoms with Gasteiger partial charge in [0.25, 0.3) is 0 Å². The number of ether oxygens (including phenoxy) is 2. The molecule has 0 radical (unpaired) electrons. The third-order valence-corrected chi connectivity index (χ3v) is 4.74. The number of nitrogens with two attached hydrogens (primary N) is 2. The van der Waals surface area contributed by atoms with Crippen LogP contribution in [-0.4, -0.2) is 29.6 Å². The van der Waals surface area contributed by atoms with E-state index in [0.717, 1.165) is 24.3 Å². The molecule has 0 bridgehead atoms. The predicted molar refractivity (Wildman–Crippen MR) is 124 cm³/mol. The largest absolute Gasteiger partial charge is 0.478 e. The van der Waals surface area contributed by atoms with Crippen LogP contribution in [0.2, 0.25) is 0 Å². The fourth-order valence-electron chi connectivity index (χ4n) is 3.12. The Hall–Kier alpha value is -4.54. The van der Waals surface area contributed by atoms with Gasteiger partial charge < -0.3 is 26.0 Å². The van der Waals surface area contributed by atoms with E-state index in [1.54, 1.807) is 18.2 Å². The van der Waals surface area contributed by atoms with E-state index < -0.39 is 30.2 Å². The minimum Gasteiger partial charge on any atom is -0.478 e. The summed E-state index contributed by atoms with van der Waals surface area (Å²) >= 11 is 0. The molecule has 0 aliphatic heterocycles. The van der Waals surface area contributed by atoms with E-state index in [-0.39, 0.29) is 23.3 Å². The van der Waals surface area contributed by atoms with E-state index in [1.165, 1.54) is 30.3 Å². The van der Waals surface area contributed by atoms with Gasteiger partial charge in [0.2, 0.25) is 0 Å². The van der Waals surface area contributed by atoms with E-state index in [1.807, 2.05) is 0 Å². The summed E-state index contributed by atoms with van der Waals surface area (Å²) in [5.41, 5.74) is 13.5. The fourth-order valence-corrected chi connectivity index (χ4v) is 3.12. The number of hydrogen-bond donors (Lipinski definition) is 3. The van der Waals surface area contributed by atoms with E-state index >= 15 is 0 Å². The smallest absolute Gasteiger partial charge is 0.461 e. The van der Waals surface area contributed by atoms with Gasteiger partial charge in [-0.05, 0) is 71.8 Å². The summed E-state index contributed by atoms with van der Waals surface area (Å²) in [6, 6.07) is 14.8. The molecule has 0 spiro atoms. The molecule has 0 aromatic heterocycles. The summed E-state index contributed by atoms with van der Waals surface area (Å²) in [7, 11) is 0. The second-order valence-electron chi connectivity index (χ2n) is 7.61. The SMILES string of the molecule is Nc1cc(N)cc(CC(=Cc2ccc(OC(=O)c3ccc(OC(F)(F)C(F)F)cc3)cc2)C(=O)O)c1. The van der Waals surface area contributed by atoms with Crippen LogP contribution in [0.3, 0.4) is 0 Å². The lowest BCUT2D eigenvalue weighted by molar-refractivity contribution is -0.253. The number of esters is 1. The highest BCUT2D eigenvalue weighted by Crippen LogP contribution is 2.28. The molecule has 0 saturated carbocycles. The molecule has 5 N–H and O–H groups in total. The molecule has 0 fully saturated rings. The lowest BCUT2D eigenvalue weighted by Gasteiger charge is -2.16. The Labute approximate surface area is 202 Å². The van der Waals surface area contributed by atoms with Crippen molar-refractivity contribution in [3.63, 3.8) is 0 Å². The molecule has 7 nitrogen and oxygen atoms in total. The minimum absolute atomic E-state index is 0.0405. The van der Waals surface area contributed by atoms with Crippen molar-refractivity contribution in [2.45, 2.75) is 19.0 Å². The first-order valence-corrected chi connectivity index (χ1v) is 10.3.